The summed E-state index contributed by atoms with van der Waals surface area (Å²) in [5.74, 6) is -0.387. The van der Waals surface area contributed by atoms with Crippen LogP contribution in [0.2, 0.25) is 0 Å². The summed E-state index contributed by atoms with van der Waals surface area (Å²) in [6.45, 7) is 3.78. The molecular formula is C23H19N3O2S2. The molecule has 2 amide bonds. The Kier molecular flexibility index (Phi) is 5.74. The molecule has 7 heteroatoms. The van der Waals surface area contributed by atoms with Crippen LogP contribution < -0.4 is 10.7 Å². The molecule has 0 spiro atoms. The Labute approximate surface area is 182 Å². The number of rotatable bonds is 5. The highest BCUT2D eigenvalue weighted by Gasteiger charge is 2.12. The van der Waals surface area contributed by atoms with Crippen molar-refractivity contribution in [2.45, 2.75) is 13.8 Å². The number of benzene rings is 2. The summed E-state index contributed by atoms with van der Waals surface area (Å²) >= 11 is 2.99. The topological polar surface area (TPSA) is 70.6 Å². The molecule has 2 aromatic carbocycles. The molecule has 4 aromatic rings. The van der Waals surface area contributed by atoms with Crippen molar-refractivity contribution in [2.24, 2.45) is 5.10 Å². The highest BCUT2D eigenvalue weighted by Crippen LogP contribution is 2.25. The summed E-state index contributed by atoms with van der Waals surface area (Å²) in [5.41, 5.74) is 5.37. The number of anilines is 1. The largest absolute Gasteiger partial charge is 0.321 e. The van der Waals surface area contributed by atoms with Crippen molar-refractivity contribution in [1.82, 2.24) is 5.43 Å². The molecule has 2 N–H and O–H groups in total. The van der Waals surface area contributed by atoms with Gasteiger partial charge in [-0.05, 0) is 49.7 Å². The first kappa shape index (κ1) is 20.0. The number of aryl methyl sites for hydroxylation is 1. The number of amides is 2. The number of carbonyl (C=O) groups excluding carboxylic acids is 2. The summed E-state index contributed by atoms with van der Waals surface area (Å²) in [7, 11) is 0. The monoisotopic (exact) mass is 433 g/mol. The second kappa shape index (κ2) is 8.61. The van der Waals surface area contributed by atoms with Gasteiger partial charge in [0.25, 0.3) is 11.8 Å². The Morgan fingerprint density at radius 3 is 2.60 bits per heavy atom. The second-order valence-electron chi connectivity index (χ2n) is 6.73. The maximum Gasteiger partial charge on any atom is 0.272 e. The van der Waals surface area contributed by atoms with Crippen LogP contribution in [-0.4, -0.2) is 17.5 Å². The predicted octanol–water partition coefficient (Wildman–Crippen LogP) is 5.68. The van der Waals surface area contributed by atoms with Crippen molar-refractivity contribution >= 4 is 56.0 Å². The van der Waals surface area contributed by atoms with Crippen molar-refractivity contribution < 1.29 is 9.59 Å². The van der Waals surface area contributed by atoms with E-state index in [1.54, 1.807) is 0 Å². The van der Waals surface area contributed by atoms with E-state index < -0.39 is 0 Å². The van der Waals surface area contributed by atoms with Crippen LogP contribution in [0.15, 0.2) is 71.1 Å². The van der Waals surface area contributed by atoms with Gasteiger partial charge in [-0.1, -0.05) is 30.3 Å². The average Bonchev–Trinajstić information content (AvgIpc) is 3.38. The summed E-state index contributed by atoms with van der Waals surface area (Å²) in [4.78, 5) is 26.7. The lowest BCUT2D eigenvalue weighted by Crippen LogP contribution is -2.19. The van der Waals surface area contributed by atoms with Crippen LogP contribution in [0.3, 0.4) is 0 Å². The van der Waals surface area contributed by atoms with Crippen LogP contribution in [0.5, 0.6) is 0 Å². The third-order valence-electron chi connectivity index (χ3n) is 4.55. The van der Waals surface area contributed by atoms with E-state index in [0.29, 0.717) is 21.8 Å². The zero-order chi connectivity index (χ0) is 21.1. The van der Waals surface area contributed by atoms with E-state index >= 15 is 0 Å². The SMILES string of the molecule is C/C(=N/NC(=O)c1csc2ccccc12)c1cccc(NC(=O)c2ccc(C)s2)c1. The van der Waals surface area contributed by atoms with E-state index in [2.05, 4.69) is 15.8 Å². The molecular weight excluding hydrogens is 414 g/mol. The average molecular weight is 434 g/mol. The maximum absolute atomic E-state index is 12.6. The molecule has 30 heavy (non-hydrogen) atoms. The van der Waals surface area contributed by atoms with Crippen molar-refractivity contribution in [3.05, 3.63) is 86.9 Å². The van der Waals surface area contributed by atoms with Gasteiger partial charge in [-0.3, -0.25) is 9.59 Å². The second-order valence-corrected chi connectivity index (χ2v) is 8.93. The number of thiophene rings is 2. The highest BCUT2D eigenvalue weighted by molar-refractivity contribution is 7.17. The summed E-state index contributed by atoms with van der Waals surface area (Å²) in [5, 5.41) is 9.91. The third kappa shape index (κ3) is 4.32. The Hall–Kier alpha value is -3.29. The molecule has 0 bridgehead atoms. The fourth-order valence-corrected chi connectivity index (χ4v) is 4.69. The molecule has 0 aliphatic rings. The Morgan fingerprint density at radius 1 is 0.967 bits per heavy atom. The van der Waals surface area contributed by atoms with Gasteiger partial charge in [0.15, 0.2) is 0 Å². The molecule has 5 nitrogen and oxygen atoms in total. The zero-order valence-corrected chi connectivity index (χ0v) is 18.1. The van der Waals surface area contributed by atoms with Crippen molar-refractivity contribution in [2.75, 3.05) is 5.32 Å². The van der Waals surface area contributed by atoms with Gasteiger partial charge in [0.1, 0.15) is 0 Å². The molecule has 0 unspecified atom stereocenters. The molecule has 2 heterocycles. The van der Waals surface area contributed by atoms with Gasteiger partial charge >= 0.3 is 0 Å². The van der Waals surface area contributed by atoms with Crippen LogP contribution in [0.4, 0.5) is 5.69 Å². The minimum absolute atomic E-state index is 0.141. The van der Waals surface area contributed by atoms with E-state index in [1.807, 2.05) is 79.9 Å². The lowest BCUT2D eigenvalue weighted by Gasteiger charge is -2.07. The van der Waals surface area contributed by atoms with Gasteiger partial charge in [0, 0.05) is 26.0 Å². The lowest BCUT2D eigenvalue weighted by molar-refractivity contribution is 0.0956. The first-order chi connectivity index (χ1) is 14.5. The number of nitrogens with one attached hydrogen (secondary N) is 2. The van der Waals surface area contributed by atoms with Gasteiger partial charge in [-0.15, -0.1) is 22.7 Å². The number of nitrogens with zero attached hydrogens (tertiary/aromatic N) is 1. The minimum atomic E-state index is -0.246. The molecule has 150 valence electrons. The van der Waals surface area contributed by atoms with Crippen molar-refractivity contribution in [3.63, 3.8) is 0 Å². The molecule has 0 saturated heterocycles. The first-order valence-electron chi connectivity index (χ1n) is 9.30. The predicted molar refractivity (Wildman–Crippen MR) is 125 cm³/mol. The lowest BCUT2D eigenvalue weighted by atomic mass is 10.1. The Bertz CT molecular complexity index is 1270. The van der Waals surface area contributed by atoms with Crippen LogP contribution in [0.25, 0.3) is 10.1 Å². The number of fused-ring (bicyclic) bond motifs is 1. The van der Waals surface area contributed by atoms with E-state index in [9.17, 15) is 9.59 Å². The molecule has 0 aliphatic heterocycles. The van der Waals surface area contributed by atoms with E-state index in [-0.39, 0.29) is 11.8 Å². The van der Waals surface area contributed by atoms with Gasteiger partial charge in [0.05, 0.1) is 16.2 Å². The maximum atomic E-state index is 12.6. The van der Waals surface area contributed by atoms with Crippen LogP contribution in [-0.2, 0) is 0 Å². The number of hydrazone groups is 1. The number of hydrogen-bond acceptors (Lipinski definition) is 5. The number of carbonyl (C=O) groups is 2. The molecule has 0 fully saturated rings. The fraction of sp³-hybridized carbons (Fsp3) is 0.0870. The Balaban J connectivity index is 1.47. The van der Waals surface area contributed by atoms with Gasteiger partial charge < -0.3 is 5.32 Å². The summed E-state index contributed by atoms with van der Waals surface area (Å²) < 4.78 is 1.06. The Morgan fingerprint density at radius 2 is 1.80 bits per heavy atom. The van der Waals surface area contributed by atoms with Gasteiger partial charge in [0.2, 0.25) is 0 Å². The minimum Gasteiger partial charge on any atom is -0.321 e. The summed E-state index contributed by atoms with van der Waals surface area (Å²) in [6, 6.07) is 18.9. The van der Waals surface area contributed by atoms with Crippen molar-refractivity contribution in [1.29, 1.82) is 0 Å². The smallest absolute Gasteiger partial charge is 0.272 e. The van der Waals surface area contributed by atoms with E-state index in [0.717, 1.165) is 20.5 Å². The van der Waals surface area contributed by atoms with Crippen LogP contribution in [0, 0.1) is 6.92 Å². The quantitative estimate of drug-likeness (QED) is 0.314. The van der Waals surface area contributed by atoms with E-state index in [4.69, 9.17) is 0 Å². The zero-order valence-electron chi connectivity index (χ0n) is 16.4. The third-order valence-corrected chi connectivity index (χ3v) is 6.52. The van der Waals surface area contributed by atoms with Gasteiger partial charge in [-0.2, -0.15) is 5.10 Å². The molecule has 4 rings (SSSR count). The standard InChI is InChI=1S/C23H19N3O2S2/c1-14-10-11-21(30-14)23(28)24-17-7-5-6-16(12-17)15(2)25-26-22(27)19-13-29-20-9-4-3-8-18(19)20/h3-13H,1-2H3,(H,24,28)(H,26,27)/b25-15-. The molecule has 0 atom stereocenters. The van der Waals surface area contributed by atoms with Crippen LogP contribution in [0.1, 0.15) is 37.4 Å². The van der Waals surface area contributed by atoms with Crippen molar-refractivity contribution in [3.8, 4) is 0 Å². The number of hydrogen-bond donors (Lipinski definition) is 2. The summed E-state index contributed by atoms with van der Waals surface area (Å²) in [6.07, 6.45) is 0. The van der Waals surface area contributed by atoms with Gasteiger partial charge in [-0.25, -0.2) is 5.43 Å². The molecule has 2 aromatic heterocycles. The fourth-order valence-electron chi connectivity index (χ4n) is 2.98. The molecule has 0 saturated carbocycles. The highest BCUT2D eigenvalue weighted by atomic mass is 32.1. The van der Waals surface area contributed by atoms with Crippen LogP contribution >= 0.6 is 22.7 Å². The van der Waals surface area contributed by atoms with E-state index in [1.165, 1.54) is 22.7 Å². The first-order valence-corrected chi connectivity index (χ1v) is 11.0. The normalized spacial score (nSPS) is 11.5. The molecule has 0 aliphatic carbocycles. The molecule has 0 radical (unpaired) electrons.